The highest BCUT2D eigenvalue weighted by atomic mass is 32.1. The fraction of sp³-hybridized carbons (Fsp3) is 0.167. The Morgan fingerprint density at radius 2 is 1.79 bits per heavy atom. The van der Waals surface area contributed by atoms with Gasteiger partial charge in [-0.3, -0.25) is 9.36 Å². The molecule has 1 aliphatic rings. The van der Waals surface area contributed by atoms with Gasteiger partial charge in [-0.2, -0.15) is 0 Å². The van der Waals surface area contributed by atoms with Gasteiger partial charge in [-0.05, 0) is 48.4 Å². The standard InChI is InChI=1S/C30H26N2O6S/c1-4-38-29(35)25-26(19-8-6-5-7-9-19)31-30-32(27(25)20-11-13-21(36-2)14-12-20)28(34)24(39-30)17-18-10-15-22(33)23(16-18)37-3/h5-17,27,33H,4H2,1-3H3. The number of methoxy groups -OCH3 is 2. The summed E-state index contributed by atoms with van der Waals surface area (Å²) in [7, 11) is 3.04. The average Bonchev–Trinajstić information content (AvgIpc) is 3.28. The van der Waals surface area contributed by atoms with Gasteiger partial charge in [-0.15, -0.1) is 0 Å². The SMILES string of the molecule is CCOC(=O)C1=C(c2ccccc2)N=c2sc(=Cc3ccc(O)c(OC)c3)c(=O)n2C1c1ccc(OC)cc1. The summed E-state index contributed by atoms with van der Waals surface area (Å²) in [6, 6.07) is 20.7. The van der Waals surface area contributed by atoms with Crippen molar-refractivity contribution in [1.29, 1.82) is 0 Å². The maximum atomic E-state index is 13.9. The smallest absolute Gasteiger partial charge is 0.338 e. The normalized spacial score (nSPS) is 14.9. The van der Waals surface area contributed by atoms with E-state index in [4.69, 9.17) is 19.2 Å². The lowest BCUT2D eigenvalue weighted by Gasteiger charge is -2.26. The molecule has 1 unspecified atom stereocenters. The Balaban J connectivity index is 1.80. The molecule has 2 heterocycles. The molecule has 8 nitrogen and oxygen atoms in total. The van der Waals surface area contributed by atoms with Crippen molar-refractivity contribution in [1.82, 2.24) is 4.57 Å². The summed E-state index contributed by atoms with van der Waals surface area (Å²) in [5.41, 5.74) is 2.54. The summed E-state index contributed by atoms with van der Waals surface area (Å²) in [5.74, 6) is 0.404. The molecule has 1 atom stereocenters. The molecule has 4 aromatic rings. The Morgan fingerprint density at radius 1 is 1.05 bits per heavy atom. The number of nitrogens with zero attached hydrogens (tertiary/aromatic N) is 2. The van der Waals surface area contributed by atoms with E-state index >= 15 is 0 Å². The molecule has 0 spiro atoms. The predicted molar refractivity (Wildman–Crippen MR) is 149 cm³/mol. The van der Waals surface area contributed by atoms with Crippen molar-refractivity contribution in [2.75, 3.05) is 20.8 Å². The van der Waals surface area contributed by atoms with E-state index in [1.165, 1.54) is 29.1 Å². The summed E-state index contributed by atoms with van der Waals surface area (Å²) >= 11 is 1.22. The third-order valence-electron chi connectivity index (χ3n) is 6.31. The van der Waals surface area contributed by atoms with Crippen molar-refractivity contribution >= 4 is 29.1 Å². The topological polar surface area (TPSA) is 99.4 Å². The quantitative estimate of drug-likeness (QED) is 0.358. The third-order valence-corrected chi connectivity index (χ3v) is 7.29. The zero-order chi connectivity index (χ0) is 27.5. The van der Waals surface area contributed by atoms with Gasteiger partial charge in [-0.1, -0.05) is 59.9 Å². The van der Waals surface area contributed by atoms with Crippen LogP contribution in [-0.2, 0) is 9.53 Å². The summed E-state index contributed by atoms with van der Waals surface area (Å²) in [4.78, 5) is 32.7. The van der Waals surface area contributed by atoms with E-state index in [-0.39, 0.29) is 23.5 Å². The fourth-order valence-electron chi connectivity index (χ4n) is 4.48. The van der Waals surface area contributed by atoms with Gasteiger partial charge in [-0.25, -0.2) is 9.79 Å². The Labute approximate surface area is 228 Å². The molecule has 3 aromatic carbocycles. The summed E-state index contributed by atoms with van der Waals surface area (Å²) in [6.45, 7) is 1.91. The monoisotopic (exact) mass is 542 g/mol. The molecule has 1 aliphatic heterocycles. The minimum absolute atomic E-state index is 0.00203. The number of hydrogen-bond donors (Lipinski definition) is 1. The number of esters is 1. The van der Waals surface area contributed by atoms with Crippen molar-refractivity contribution in [3.05, 3.63) is 115 Å². The van der Waals surface area contributed by atoms with E-state index in [0.29, 0.717) is 37.7 Å². The number of aromatic nitrogens is 1. The molecular weight excluding hydrogens is 516 g/mol. The van der Waals surface area contributed by atoms with E-state index in [2.05, 4.69) is 0 Å². The first-order chi connectivity index (χ1) is 18.9. The molecule has 0 saturated heterocycles. The second kappa shape index (κ2) is 11.0. The van der Waals surface area contributed by atoms with Gasteiger partial charge < -0.3 is 19.3 Å². The molecule has 0 saturated carbocycles. The average molecular weight is 543 g/mol. The lowest BCUT2D eigenvalue weighted by molar-refractivity contribution is -0.138. The first-order valence-electron chi connectivity index (χ1n) is 12.2. The van der Waals surface area contributed by atoms with E-state index in [1.807, 2.05) is 42.5 Å². The third kappa shape index (κ3) is 4.96. The highest BCUT2D eigenvalue weighted by Crippen LogP contribution is 2.35. The number of aromatic hydroxyl groups is 1. The molecule has 0 fully saturated rings. The van der Waals surface area contributed by atoms with Crippen molar-refractivity contribution in [3.8, 4) is 17.2 Å². The second-order valence-electron chi connectivity index (χ2n) is 8.64. The summed E-state index contributed by atoms with van der Waals surface area (Å²) < 4.78 is 18.0. The van der Waals surface area contributed by atoms with E-state index in [9.17, 15) is 14.7 Å². The maximum Gasteiger partial charge on any atom is 0.338 e. The zero-order valence-corrected chi connectivity index (χ0v) is 22.4. The molecule has 1 aromatic heterocycles. The van der Waals surface area contributed by atoms with Gasteiger partial charge in [0.05, 0.1) is 42.7 Å². The first kappa shape index (κ1) is 26.0. The molecule has 0 aliphatic carbocycles. The van der Waals surface area contributed by atoms with E-state index in [0.717, 1.165) is 5.56 Å². The van der Waals surface area contributed by atoms with Crippen molar-refractivity contribution in [2.24, 2.45) is 4.99 Å². The Kier molecular flexibility index (Phi) is 7.33. The van der Waals surface area contributed by atoms with Gasteiger partial charge >= 0.3 is 5.97 Å². The van der Waals surface area contributed by atoms with Gasteiger partial charge in [0.2, 0.25) is 0 Å². The summed E-state index contributed by atoms with van der Waals surface area (Å²) in [6.07, 6.45) is 1.72. The van der Waals surface area contributed by atoms with E-state index in [1.54, 1.807) is 44.4 Å². The van der Waals surface area contributed by atoms with Crippen LogP contribution in [-0.4, -0.2) is 36.5 Å². The zero-order valence-electron chi connectivity index (χ0n) is 21.6. The number of carbonyl (C=O) groups excluding carboxylic acids is 1. The second-order valence-corrected chi connectivity index (χ2v) is 9.65. The first-order valence-corrected chi connectivity index (χ1v) is 13.1. The van der Waals surface area contributed by atoms with Gasteiger partial charge in [0.1, 0.15) is 5.75 Å². The Morgan fingerprint density at radius 3 is 2.46 bits per heavy atom. The number of benzene rings is 3. The minimum atomic E-state index is -0.780. The number of fused-ring (bicyclic) bond motifs is 1. The maximum absolute atomic E-state index is 13.9. The molecule has 0 radical (unpaired) electrons. The predicted octanol–water partition coefficient (Wildman–Crippen LogP) is 3.66. The lowest BCUT2D eigenvalue weighted by atomic mass is 9.93. The van der Waals surface area contributed by atoms with Gasteiger partial charge in [0, 0.05) is 5.56 Å². The molecule has 0 bridgehead atoms. The molecule has 5 rings (SSSR count). The number of carbonyl (C=O) groups is 1. The molecule has 9 heteroatoms. The van der Waals surface area contributed by atoms with Crippen LogP contribution in [0.25, 0.3) is 11.8 Å². The Hall–Kier alpha value is -4.63. The van der Waals surface area contributed by atoms with Crippen molar-refractivity contribution < 1.29 is 24.1 Å². The molecule has 1 N–H and O–H groups in total. The lowest BCUT2D eigenvalue weighted by Crippen LogP contribution is -2.40. The number of hydrogen-bond acceptors (Lipinski definition) is 8. The molecular formula is C30H26N2O6S. The van der Waals surface area contributed by atoms with Crippen LogP contribution < -0.4 is 24.4 Å². The Bertz CT molecular complexity index is 1740. The van der Waals surface area contributed by atoms with Gasteiger partial charge in [0.15, 0.2) is 16.3 Å². The molecule has 198 valence electrons. The molecule has 0 amide bonds. The van der Waals surface area contributed by atoms with Crippen molar-refractivity contribution in [3.63, 3.8) is 0 Å². The van der Waals surface area contributed by atoms with Crippen LogP contribution in [0, 0.1) is 0 Å². The largest absolute Gasteiger partial charge is 0.504 e. The number of phenolic OH excluding ortho intramolecular Hbond substituents is 1. The van der Waals surface area contributed by atoms with Crippen molar-refractivity contribution in [2.45, 2.75) is 13.0 Å². The van der Waals surface area contributed by atoms with Crippen LogP contribution in [0.1, 0.15) is 29.7 Å². The number of thiazole rings is 1. The number of rotatable bonds is 7. The summed E-state index contributed by atoms with van der Waals surface area (Å²) in [5, 5.41) is 9.97. The number of ether oxygens (including phenoxy) is 3. The van der Waals surface area contributed by atoms with Gasteiger partial charge in [0.25, 0.3) is 5.56 Å². The molecule has 39 heavy (non-hydrogen) atoms. The van der Waals surface area contributed by atoms with Crippen LogP contribution in [0.5, 0.6) is 17.2 Å². The minimum Gasteiger partial charge on any atom is -0.504 e. The van der Waals surface area contributed by atoms with Crippen LogP contribution >= 0.6 is 11.3 Å². The van der Waals surface area contributed by atoms with Crippen LogP contribution in [0.3, 0.4) is 0 Å². The highest BCUT2D eigenvalue weighted by Gasteiger charge is 2.35. The number of phenols is 1. The fourth-order valence-corrected chi connectivity index (χ4v) is 5.48. The highest BCUT2D eigenvalue weighted by molar-refractivity contribution is 7.07. The van der Waals surface area contributed by atoms with Crippen LogP contribution in [0.15, 0.2) is 88.2 Å². The van der Waals surface area contributed by atoms with Crippen LogP contribution in [0.2, 0.25) is 0 Å². The van der Waals surface area contributed by atoms with Crippen LogP contribution in [0.4, 0.5) is 0 Å². The van der Waals surface area contributed by atoms with E-state index < -0.39 is 12.0 Å².